The largest absolute Gasteiger partial charge is 0.352 e. The standard InChI is InChI=1S/C23H30N2O2S/c1-25(20-10-3-2-4-11-20)17-19-9-6-5-8-18(19)16-24-23(27)14-13-21(26)22-12-7-15-28-22/h5-9,12,15,20H,2-4,10-11,13-14,16-17H2,1H3,(H,24,27). The SMILES string of the molecule is CN(Cc1ccccc1CNC(=O)CCC(=O)c1cccs1)C1CCCCC1. The molecule has 1 aromatic carbocycles. The summed E-state index contributed by atoms with van der Waals surface area (Å²) in [6.45, 7) is 1.42. The van der Waals surface area contributed by atoms with Gasteiger partial charge in [0.05, 0.1) is 4.88 Å². The number of thiophene rings is 1. The van der Waals surface area contributed by atoms with Gasteiger partial charge in [0.15, 0.2) is 5.78 Å². The van der Waals surface area contributed by atoms with Crippen LogP contribution in [0.4, 0.5) is 0 Å². The van der Waals surface area contributed by atoms with Crippen LogP contribution < -0.4 is 5.32 Å². The van der Waals surface area contributed by atoms with Crippen molar-refractivity contribution in [2.75, 3.05) is 7.05 Å². The first-order chi connectivity index (χ1) is 13.6. The molecule has 0 saturated heterocycles. The molecular formula is C23H30N2O2S. The summed E-state index contributed by atoms with van der Waals surface area (Å²) in [7, 11) is 2.21. The number of carbonyl (C=O) groups excluding carboxylic acids is 2. The first-order valence-electron chi connectivity index (χ1n) is 10.2. The number of nitrogens with one attached hydrogen (secondary N) is 1. The van der Waals surface area contributed by atoms with Crippen molar-refractivity contribution in [2.24, 2.45) is 0 Å². The number of nitrogens with zero attached hydrogens (tertiary/aromatic N) is 1. The van der Waals surface area contributed by atoms with Gasteiger partial charge >= 0.3 is 0 Å². The van der Waals surface area contributed by atoms with Crippen LogP contribution in [0.15, 0.2) is 41.8 Å². The number of ketones is 1. The number of Topliss-reactive ketones (excluding diaryl/α,β-unsaturated/α-hetero) is 1. The van der Waals surface area contributed by atoms with Crippen LogP contribution in [-0.2, 0) is 17.9 Å². The van der Waals surface area contributed by atoms with Crippen LogP contribution in [0.5, 0.6) is 0 Å². The molecule has 0 unspecified atom stereocenters. The molecule has 0 aliphatic heterocycles. The van der Waals surface area contributed by atoms with Crippen molar-refractivity contribution in [1.29, 1.82) is 0 Å². The highest BCUT2D eigenvalue weighted by Crippen LogP contribution is 2.23. The van der Waals surface area contributed by atoms with E-state index in [2.05, 4.69) is 35.5 Å². The van der Waals surface area contributed by atoms with Gasteiger partial charge in [0.2, 0.25) is 5.91 Å². The Bertz CT molecular complexity index is 767. The van der Waals surface area contributed by atoms with Crippen LogP contribution in [0.1, 0.15) is 65.7 Å². The Morgan fingerprint density at radius 2 is 1.79 bits per heavy atom. The van der Waals surface area contributed by atoms with Crippen LogP contribution >= 0.6 is 11.3 Å². The molecule has 1 aliphatic rings. The highest BCUT2D eigenvalue weighted by atomic mass is 32.1. The number of carbonyl (C=O) groups is 2. The average molecular weight is 399 g/mol. The van der Waals surface area contributed by atoms with Crippen LogP contribution in [-0.4, -0.2) is 29.7 Å². The maximum atomic E-state index is 12.2. The zero-order valence-electron chi connectivity index (χ0n) is 16.7. The second-order valence-corrected chi connectivity index (χ2v) is 8.60. The normalized spacial score (nSPS) is 14.9. The highest BCUT2D eigenvalue weighted by molar-refractivity contribution is 7.12. The Morgan fingerprint density at radius 1 is 1.04 bits per heavy atom. The smallest absolute Gasteiger partial charge is 0.220 e. The van der Waals surface area contributed by atoms with E-state index in [-0.39, 0.29) is 24.5 Å². The van der Waals surface area contributed by atoms with Gasteiger partial charge in [-0.05, 0) is 42.5 Å². The van der Waals surface area contributed by atoms with Gasteiger partial charge in [0, 0.05) is 32.0 Å². The fourth-order valence-corrected chi connectivity index (χ4v) is 4.57. The van der Waals surface area contributed by atoms with Gasteiger partial charge in [-0.3, -0.25) is 14.5 Å². The van der Waals surface area contributed by atoms with Gasteiger partial charge in [0.1, 0.15) is 0 Å². The van der Waals surface area contributed by atoms with Crippen LogP contribution in [0, 0.1) is 0 Å². The van der Waals surface area contributed by atoms with Crippen molar-refractivity contribution in [3.8, 4) is 0 Å². The molecular weight excluding hydrogens is 368 g/mol. The molecule has 0 spiro atoms. The van der Waals surface area contributed by atoms with E-state index < -0.39 is 0 Å². The predicted octanol–water partition coefficient (Wildman–Crippen LogP) is 4.79. The molecule has 1 aliphatic carbocycles. The molecule has 0 bridgehead atoms. The topological polar surface area (TPSA) is 49.4 Å². The summed E-state index contributed by atoms with van der Waals surface area (Å²) in [5.74, 6) is -0.0278. The minimum Gasteiger partial charge on any atom is -0.352 e. The molecule has 28 heavy (non-hydrogen) atoms. The van der Waals surface area contributed by atoms with Gasteiger partial charge < -0.3 is 5.32 Å². The first-order valence-corrected chi connectivity index (χ1v) is 11.1. The lowest BCUT2D eigenvalue weighted by atomic mass is 9.94. The number of hydrogen-bond donors (Lipinski definition) is 1. The summed E-state index contributed by atoms with van der Waals surface area (Å²) >= 11 is 1.43. The minimum absolute atomic E-state index is 0.0413. The average Bonchev–Trinajstić information content (AvgIpc) is 3.27. The van der Waals surface area contributed by atoms with Crippen LogP contribution in [0.25, 0.3) is 0 Å². The van der Waals surface area contributed by atoms with Gasteiger partial charge in [-0.25, -0.2) is 0 Å². The summed E-state index contributed by atoms with van der Waals surface area (Å²) in [6.07, 6.45) is 7.09. The first kappa shape index (κ1) is 20.7. The fourth-order valence-electron chi connectivity index (χ4n) is 3.87. The quantitative estimate of drug-likeness (QED) is 0.618. The van der Waals surface area contributed by atoms with E-state index >= 15 is 0 Å². The Morgan fingerprint density at radius 3 is 2.50 bits per heavy atom. The van der Waals surface area contributed by atoms with E-state index in [9.17, 15) is 9.59 Å². The van der Waals surface area contributed by atoms with Crippen LogP contribution in [0.2, 0.25) is 0 Å². The molecule has 3 rings (SSSR count). The van der Waals surface area contributed by atoms with Crippen molar-refractivity contribution >= 4 is 23.0 Å². The third-order valence-electron chi connectivity index (χ3n) is 5.59. The summed E-state index contributed by atoms with van der Waals surface area (Å²) in [6, 6.07) is 12.7. The number of amides is 1. The van der Waals surface area contributed by atoms with E-state index in [1.165, 1.54) is 49.0 Å². The van der Waals surface area contributed by atoms with Crippen molar-refractivity contribution in [1.82, 2.24) is 10.2 Å². The summed E-state index contributed by atoms with van der Waals surface area (Å²) in [5.41, 5.74) is 2.42. The van der Waals surface area contributed by atoms with E-state index in [0.29, 0.717) is 12.6 Å². The molecule has 4 nitrogen and oxygen atoms in total. The molecule has 0 atom stereocenters. The van der Waals surface area contributed by atoms with E-state index in [1.807, 2.05) is 23.6 Å². The van der Waals surface area contributed by atoms with Crippen molar-refractivity contribution < 1.29 is 9.59 Å². The Kier molecular flexibility index (Phi) is 7.80. The lowest BCUT2D eigenvalue weighted by molar-refractivity contribution is -0.121. The van der Waals surface area contributed by atoms with Crippen molar-refractivity contribution in [3.63, 3.8) is 0 Å². The number of rotatable bonds is 9. The second kappa shape index (κ2) is 10.5. The summed E-state index contributed by atoms with van der Waals surface area (Å²) < 4.78 is 0. The zero-order chi connectivity index (χ0) is 19.8. The lowest BCUT2D eigenvalue weighted by Crippen LogP contribution is -2.33. The zero-order valence-corrected chi connectivity index (χ0v) is 17.5. The monoisotopic (exact) mass is 398 g/mol. The molecule has 0 radical (unpaired) electrons. The maximum Gasteiger partial charge on any atom is 0.220 e. The molecule has 1 heterocycles. The van der Waals surface area contributed by atoms with E-state index in [0.717, 1.165) is 17.0 Å². The molecule has 150 valence electrons. The van der Waals surface area contributed by atoms with E-state index in [1.54, 1.807) is 0 Å². The Labute approximate surface area is 172 Å². The van der Waals surface area contributed by atoms with Crippen molar-refractivity contribution in [2.45, 2.75) is 64.1 Å². The highest BCUT2D eigenvalue weighted by Gasteiger charge is 2.19. The summed E-state index contributed by atoms with van der Waals surface area (Å²) in [4.78, 5) is 27.4. The maximum absolute atomic E-state index is 12.2. The molecule has 1 aromatic heterocycles. The van der Waals surface area contributed by atoms with Gasteiger partial charge in [-0.1, -0.05) is 49.6 Å². The molecule has 1 saturated carbocycles. The molecule has 1 amide bonds. The third-order valence-corrected chi connectivity index (χ3v) is 6.50. The summed E-state index contributed by atoms with van der Waals surface area (Å²) in [5, 5.41) is 4.87. The third kappa shape index (κ3) is 6.01. The Hall–Kier alpha value is -1.98. The molecule has 1 N–H and O–H groups in total. The number of benzene rings is 1. The minimum atomic E-state index is -0.0691. The Balaban J connectivity index is 1.48. The van der Waals surface area contributed by atoms with Gasteiger partial charge in [-0.2, -0.15) is 0 Å². The molecule has 5 heteroatoms. The van der Waals surface area contributed by atoms with Crippen LogP contribution in [0.3, 0.4) is 0 Å². The lowest BCUT2D eigenvalue weighted by Gasteiger charge is -2.31. The fraction of sp³-hybridized carbons (Fsp3) is 0.478. The molecule has 1 fully saturated rings. The van der Waals surface area contributed by atoms with Gasteiger partial charge in [-0.15, -0.1) is 11.3 Å². The second-order valence-electron chi connectivity index (χ2n) is 7.65. The van der Waals surface area contributed by atoms with Crippen molar-refractivity contribution in [3.05, 3.63) is 57.8 Å². The predicted molar refractivity (Wildman–Crippen MR) is 115 cm³/mol. The van der Waals surface area contributed by atoms with E-state index in [4.69, 9.17) is 0 Å². The van der Waals surface area contributed by atoms with Gasteiger partial charge in [0.25, 0.3) is 0 Å². The molecule has 2 aromatic rings. The number of hydrogen-bond acceptors (Lipinski definition) is 4.